The molecule has 0 unspecified atom stereocenters. The lowest BCUT2D eigenvalue weighted by molar-refractivity contribution is -0.129. The van der Waals surface area contributed by atoms with Crippen molar-refractivity contribution in [1.29, 1.82) is 0 Å². The molecule has 2 atom stereocenters. The molecular weight excluding hydrogens is 282 g/mol. The maximum atomic E-state index is 12.0. The highest BCUT2D eigenvalue weighted by Crippen LogP contribution is 2.09. The summed E-state index contributed by atoms with van der Waals surface area (Å²) in [6.45, 7) is 0. The molecule has 1 aliphatic rings. The Morgan fingerprint density at radius 3 is 2.64 bits per heavy atom. The first kappa shape index (κ1) is 16.0. The molecule has 1 aliphatic heterocycles. The van der Waals surface area contributed by atoms with Gasteiger partial charge in [0, 0.05) is 6.42 Å². The molecule has 0 aliphatic carbocycles. The first-order valence-corrected chi connectivity index (χ1v) is 7.49. The smallest absolute Gasteiger partial charge is 0.243 e. The fraction of sp³-hybridized carbons (Fsp3) is 0.438. The number of rotatable bonds is 7. The van der Waals surface area contributed by atoms with Crippen molar-refractivity contribution in [3.05, 3.63) is 35.9 Å². The number of carbonyl (C=O) groups excluding carboxylic acids is 3. The van der Waals surface area contributed by atoms with E-state index in [9.17, 15) is 14.4 Å². The van der Waals surface area contributed by atoms with Crippen molar-refractivity contribution in [2.75, 3.05) is 0 Å². The van der Waals surface area contributed by atoms with Crippen LogP contribution < -0.4 is 16.4 Å². The largest absolute Gasteiger partial charge is 0.368 e. The summed E-state index contributed by atoms with van der Waals surface area (Å²) in [5.41, 5.74) is 6.53. The Bertz CT molecular complexity index is 545. The van der Waals surface area contributed by atoms with Crippen LogP contribution in [0.15, 0.2) is 30.3 Å². The maximum Gasteiger partial charge on any atom is 0.243 e. The zero-order chi connectivity index (χ0) is 15.9. The van der Waals surface area contributed by atoms with E-state index in [0.717, 1.165) is 12.8 Å². The van der Waals surface area contributed by atoms with Crippen LogP contribution in [0.2, 0.25) is 0 Å². The summed E-state index contributed by atoms with van der Waals surface area (Å²) >= 11 is 0. The van der Waals surface area contributed by atoms with Crippen LogP contribution >= 0.6 is 0 Å². The summed E-state index contributed by atoms with van der Waals surface area (Å²) in [6, 6.07) is 8.66. The standard InChI is InChI=1S/C16H21N3O3/c17-15(21)12(8-4-7-11-5-2-1-3-6-11)19-16(22)13-9-10-14(20)18-13/h1-3,5-6,12-13H,4,7-10H2,(H2,17,21)(H,18,20)(H,19,22)/t12-,13+/m1/s1. The van der Waals surface area contributed by atoms with Crippen LogP contribution in [0.25, 0.3) is 0 Å². The van der Waals surface area contributed by atoms with Crippen molar-refractivity contribution in [2.45, 2.75) is 44.2 Å². The van der Waals surface area contributed by atoms with Gasteiger partial charge in [-0.25, -0.2) is 0 Å². The average Bonchev–Trinajstić information content (AvgIpc) is 2.93. The van der Waals surface area contributed by atoms with E-state index in [0.29, 0.717) is 19.3 Å². The van der Waals surface area contributed by atoms with E-state index in [1.807, 2.05) is 30.3 Å². The van der Waals surface area contributed by atoms with E-state index >= 15 is 0 Å². The van der Waals surface area contributed by atoms with E-state index in [2.05, 4.69) is 10.6 Å². The molecule has 1 aromatic rings. The number of nitrogens with two attached hydrogens (primary N) is 1. The van der Waals surface area contributed by atoms with Crippen LogP contribution in [0.4, 0.5) is 0 Å². The fourth-order valence-electron chi connectivity index (χ4n) is 2.52. The van der Waals surface area contributed by atoms with Gasteiger partial charge in [-0.05, 0) is 31.2 Å². The predicted octanol–water partition coefficient (Wildman–Crippen LogP) is 0.258. The van der Waals surface area contributed by atoms with Crippen molar-refractivity contribution in [3.8, 4) is 0 Å². The summed E-state index contributed by atoms with van der Waals surface area (Å²) in [7, 11) is 0. The molecule has 0 aromatic heterocycles. The number of nitrogens with one attached hydrogen (secondary N) is 2. The first-order chi connectivity index (χ1) is 10.6. The second kappa shape index (κ2) is 7.59. The summed E-state index contributed by atoms with van der Waals surface area (Å²) < 4.78 is 0. The molecule has 22 heavy (non-hydrogen) atoms. The zero-order valence-electron chi connectivity index (χ0n) is 12.4. The third-order valence-corrected chi connectivity index (χ3v) is 3.77. The summed E-state index contributed by atoms with van der Waals surface area (Å²) in [5.74, 6) is -1.03. The van der Waals surface area contributed by atoms with Crippen LogP contribution in [-0.4, -0.2) is 29.8 Å². The fourth-order valence-corrected chi connectivity index (χ4v) is 2.52. The van der Waals surface area contributed by atoms with Crippen molar-refractivity contribution < 1.29 is 14.4 Å². The first-order valence-electron chi connectivity index (χ1n) is 7.49. The van der Waals surface area contributed by atoms with Crippen molar-refractivity contribution in [2.24, 2.45) is 5.73 Å². The van der Waals surface area contributed by atoms with Crippen LogP contribution in [0, 0.1) is 0 Å². The molecule has 0 spiro atoms. The topological polar surface area (TPSA) is 101 Å². The summed E-state index contributed by atoms with van der Waals surface area (Å²) in [4.78, 5) is 34.6. The molecule has 1 heterocycles. The van der Waals surface area contributed by atoms with Gasteiger partial charge in [0.15, 0.2) is 0 Å². The SMILES string of the molecule is NC(=O)[C@@H](CCCc1ccccc1)NC(=O)[C@@H]1CCC(=O)N1. The van der Waals surface area contributed by atoms with Gasteiger partial charge in [0.25, 0.3) is 0 Å². The second-order valence-electron chi connectivity index (χ2n) is 5.50. The molecule has 6 nitrogen and oxygen atoms in total. The van der Waals surface area contributed by atoms with Crippen LogP contribution in [0.5, 0.6) is 0 Å². The number of hydrogen-bond donors (Lipinski definition) is 3. The van der Waals surface area contributed by atoms with Crippen molar-refractivity contribution in [3.63, 3.8) is 0 Å². The zero-order valence-corrected chi connectivity index (χ0v) is 12.4. The van der Waals surface area contributed by atoms with Gasteiger partial charge in [0.2, 0.25) is 17.7 Å². The van der Waals surface area contributed by atoms with Crippen LogP contribution in [-0.2, 0) is 20.8 Å². The van der Waals surface area contributed by atoms with Gasteiger partial charge in [-0.15, -0.1) is 0 Å². The Labute approximate surface area is 129 Å². The molecule has 2 rings (SSSR count). The number of aryl methyl sites for hydroxylation is 1. The van der Waals surface area contributed by atoms with E-state index in [1.165, 1.54) is 5.56 Å². The van der Waals surface area contributed by atoms with Gasteiger partial charge >= 0.3 is 0 Å². The molecule has 6 heteroatoms. The summed E-state index contributed by atoms with van der Waals surface area (Å²) in [5, 5.41) is 5.21. The molecule has 1 saturated heterocycles. The normalized spacial score (nSPS) is 18.5. The lowest BCUT2D eigenvalue weighted by Gasteiger charge is -2.18. The highest BCUT2D eigenvalue weighted by Gasteiger charge is 2.29. The Kier molecular flexibility index (Phi) is 5.52. The van der Waals surface area contributed by atoms with Gasteiger partial charge in [0.05, 0.1) is 0 Å². The number of amides is 3. The van der Waals surface area contributed by atoms with E-state index in [1.54, 1.807) is 0 Å². The minimum Gasteiger partial charge on any atom is -0.368 e. The Morgan fingerprint density at radius 2 is 2.05 bits per heavy atom. The highest BCUT2D eigenvalue weighted by atomic mass is 16.2. The molecular formula is C16H21N3O3. The quantitative estimate of drug-likeness (QED) is 0.673. The van der Waals surface area contributed by atoms with Gasteiger partial charge in [-0.2, -0.15) is 0 Å². The molecule has 0 bridgehead atoms. The molecule has 0 saturated carbocycles. The predicted molar refractivity (Wildman–Crippen MR) is 81.7 cm³/mol. The monoisotopic (exact) mass is 303 g/mol. The van der Waals surface area contributed by atoms with Crippen molar-refractivity contribution >= 4 is 17.7 Å². The highest BCUT2D eigenvalue weighted by molar-refractivity contribution is 5.93. The van der Waals surface area contributed by atoms with E-state index in [-0.39, 0.29) is 11.8 Å². The number of carbonyl (C=O) groups is 3. The molecule has 4 N–H and O–H groups in total. The third-order valence-electron chi connectivity index (χ3n) is 3.77. The Balaban J connectivity index is 1.81. The number of primary amides is 1. The van der Waals surface area contributed by atoms with Crippen LogP contribution in [0.3, 0.4) is 0 Å². The lowest BCUT2D eigenvalue weighted by Crippen LogP contribution is -2.50. The number of hydrogen-bond acceptors (Lipinski definition) is 3. The van der Waals surface area contributed by atoms with Gasteiger partial charge in [-0.3, -0.25) is 14.4 Å². The molecule has 1 fully saturated rings. The van der Waals surface area contributed by atoms with E-state index < -0.39 is 18.0 Å². The molecule has 0 radical (unpaired) electrons. The number of benzene rings is 1. The van der Waals surface area contributed by atoms with Gasteiger partial charge in [-0.1, -0.05) is 30.3 Å². The van der Waals surface area contributed by atoms with E-state index in [4.69, 9.17) is 5.73 Å². The molecule has 1 aromatic carbocycles. The minimum atomic E-state index is -0.700. The minimum absolute atomic E-state index is 0.139. The Morgan fingerprint density at radius 1 is 1.32 bits per heavy atom. The molecule has 118 valence electrons. The third kappa shape index (κ3) is 4.58. The second-order valence-corrected chi connectivity index (χ2v) is 5.50. The van der Waals surface area contributed by atoms with Crippen molar-refractivity contribution in [1.82, 2.24) is 10.6 Å². The van der Waals surface area contributed by atoms with Gasteiger partial charge < -0.3 is 16.4 Å². The molecule has 3 amide bonds. The Hall–Kier alpha value is -2.37. The van der Waals surface area contributed by atoms with Crippen LogP contribution in [0.1, 0.15) is 31.2 Å². The maximum absolute atomic E-state index is 12.0. The summed E-state index contributed by atoms with van der Waals surface area (Å²) in [6.07, 6.45) is 2.85. The average molecular weight is 303 g/mol. The van der Waals surface area contributed by atoms with Gasteiger partial charge in [0.1, 0.15) is 12.1 Å². The lowest BCUT2D eigenvalue weighted by atomic mass is 10.0.